The Morgan fingerprint density at radius 1 is 1.24 bits per heavy atom. The summed E-state index contributed by atoms with van der Waals surface area (Å²) in [5.74, 6) is 0.758. The molecule has 2 aliphatic rings. The predicted molar refractivity (Wildman–Crippen MR) is 109 cm³/mol. The van der Waals surface area contributed by atoms with Gasteiger partial charge >= 0.3 is 0 Å². The number of benzene rings is 1. The monoisotopic (exact) mass is 391 g/mol. The van der Waals surface area contributed by atoms with Crippen LogP contribution in [-0.2, 0) is 12.8 Å². The Morgan fingerprint density at radius 2 is 2.07 bits per heavy atom. The number of fused-ring (bicyclic) bond motifs is 3. The minimum Gasteiger partial charge on any atom is -0.487 e. The lowest BCUT2D eigenvalue weighted by Crippen LogP contribution is -2.41. The van der Waals surface area contributed by atoms with Gasteiger partial charge in [0.1, 0.15) is 11.4 Å². The maximum absolute atomic E-state index is 13.6. The van der Waals surface area contributed by atoms with Gasteiger partial charge < -0.3 is 14.6 Å². The summed E-state index contributed by atoms with van der Waals surface area (Å²) < 4.78 is 11.6. The number of rotatable bonds is 2. The Kier molecular flexibility index (Phi) is 3.95. The van der Waals surface area contributed by atoms with Crippen molar-refractivity contribution in [1.29, 1.82) is 0 Å². The number of nitrogens with one attached hydrogen (secondary N) is 1. The Labute approximate surface area is 169 Å². The highest BCUT2D eigenvalue weighted by atomic mass is 16.5. The van der Waals surface area contributed by atoms with Crippen LogP contribution in [0.5, 0.6) is 5.75 Å². The second-order valence-electron chi connectivity index (χ2n) is 8.85. The Hall–Kier alpha value is -2.89. The normalized spacial score (nSPS) is 19.5. The van der Waals surface area contributed by atoms with Gasteiger partial charge in [-0.05, 0) is 64.2 Å². The molecule has 0 fully saturated rings. The van der Waals surface area contributed by atoms with Crippen molar-refractivity contribution in [2.45, 2.75) is 65.0 Å². The molecule has 1 atom stereocenters. The number of nitrogens with zero attached hydrogens (tertiary/aromatic N) is 2. The zero-order valence-electron chi connectivity index (χ0n) is 17.3. The molecule has 150 valence electrons. The molecule has 1 N–H and O–H groups in total. The molecule has 6 heteroatoms. The molecule has 1 aliphatic carbocycles. The molecule has 0 bridgehead atoms. The van der Waals surface area contributed by atoms with Gasteiger partial charge in [-0.15, -0.1) is 0 Å². The van der Waals surface area contributed by atoms with Gasteiger partial charge in [0.25, 0.3) is 11.6 Å². The van der Waals surface area contributed by atoms with Crippen molar-refractivity contribution < 1.29 is 14.1 Å². The largest absolute Gasteiger partial charge is 0.487 e. The second kappa shape index (κ2) is 6.31. The summed E-state index contributed by atoms with van der Waals surface area (Å²) in [6.07, 6.45) is 3.44. The van der Waals surface area contributed by atoms with Crippen LogP contribution in [0.25, 0.3) is 11.1 Å². The number of pyridine rings is 1. The van der Waals surface area contributed by atoms with Gasteiger partial charge in [-0.25, -0.2) is 4.98 Å². The van der Waals surface area contributed by atoms with Crippen molar-refractivity contribution in [3.8, 4) is 5.75 Å². The third-order valence-electron chi connectivity index (χ3n) is 5.98. The van der Waals surface area contributed by atoms with E-state index in [1.165, 1.54) is 0 Å². The Bertz CT molecular complexity index is 1150. The van der Waals surface area contributed by atoms with Gasteiger partial charge in [-0.2, -0.15) is 0 Å². The minimum atomic E-state index is -0.360. The number of carbonyl (C=O) groups is 1. The van der Waals surface area contributed by atoms with Gasteiger partial charge in [0, 0.05) is 17.7 Å². The predicted octanol–water partition coefficient (Wildman–Crippen LogP) is 4.36. The highest BCUT2D eigenvalue weighted by Gasteiger charge is 2.36. The van der Waals surface area contributed by atoms with E-state index in [1.807, 2.05) is 19.9 Å². The quantitative estimate of drug-likeness (QED) is 0.702. The summed E-state index contributed by atoms with van der Waals surface area (Å²) in [4.78, 5) is 18.2. The van der Waals surface area contributed by atoms with Crippen LogP contribution < -0.4 is 10.1 Å². The smallest absolute Gasteiger partial charge is 0.259 e. The molecule has 1 aliphatic heterocycles. The molecule has 1 amide bonds. The number of ether oxygens (including phenoxy) is 1. The van der Waals surface area contributed by atoms with E-state index < -0.39 is 0 Å². The lowest BCUT2D eigenvalue weighted by atomic mass is 9.88. The summed E-state index contributed by atoms with van der Waals surface area (Å²) in [6.45, 7) is 8.03. The van der Waals surface area contributed by atoms with Crippen molar-refractivity contribution in [3.05, 3.63) is 51.8 Å². The molecule has 0 saturated carbocycles. The SMILES string of the molecule is Cc1ccc2c(c1)OC(C)(C)CC2NC(=O)c1c2c(nc3onc(C)c13)CCC2. The zero-order valence-corrected chi connectivity index (χ0v) is 17.3. The molecule has 3 heterocycles. The van der Waals surface area contributed by atoms with Crippen molar-refractivity contribution >= 4 is 17.0 Å². The third-order valence-corrected chi connectivity index (χ3v) is 5.98. The van der Waals surface area contributed by atoms with Crippen LogP contribution >= 0.6 is 0 Å². The van der Waals surface area contributed by atoms with Crippen LogP contribution in [-0.4, -0.2) is 21.6 Å². The van der Waals surface area contributed by atoms with Crippen molar-refractivity contribution in [2.75, 3.05) is 0 Å². The average molecular weight is 391 g/mol. The molecule has 6 nitrogen and oxygen atoms in total. The summed E-state index contributed by atoms with van der Waals surface area (Å²) in [5.41, 5.74) is 5.64. The fourth-order valence-corrected chi connectivity index (χ4v) is 4.68. The molecular weight excluding hydrogens is 366 g/mol. The highest BCUT2D eigenvalue weighted by Crippen LogP contribution is 2.40. The first kappa shape index (κ1) is 18.2. The van der Waals surface area contributed by atoms with E-state index in [1.54, 1.807) is 0 Å². The number of amides is 1. The minimum absolute atomic E-state index is 0.0870. The van der Waals surface area contributed by atoms with Crippen LogP contribution in [0.2, 0.25) is 0 Å². The maximum atomic E-state index is 13.6. The third kappa shape index (κ3) is 2.98. The van der Waals surface area contributed by atoms with Crippen LogP contribution in [0.1, 0.15) is 71.2 Å². The van der Waals surface area contributed by atoms with Gasteiger partial charge in [0.05, 0.1) is 22.7 Å². The fourth-order valence-electron chi connectivity index (χ4n) is 4.68. The fraction of sp³-hybridized carbons (Fsp3) is 0.435. The van der Waals surface area contributed by atoms with Gasteiger partial charge in [-0.1, -0.05) is 17.3 Å². The highest BCUT2D eigenvalue weighted by molar-refractivity contribution is 6.07. The molecule has 3 aromatic rings. The Balaban J connectivity index is 1.58. The van der Waals surface area contributed by atoms with E-state index >= 15 is 0 Å². The summed E-state index contributed by atoms with van der Waals surface area (Å²) in [6, 6.07) is 6.04. The molecule has 2 aromatic heterocycles. The van der Waals surface area contributed by atoms with Gasteiger partial charge in [-0.3, -0.25) is 4.79 Å². The topological polar surface area (TPSA) is 77.2 Å². The first-order chi connectivity index (χ1) is 13.8. The molecule has 29 heavy (non-hydrogen) atoms. The van der Waals surface area contributed by atoms with Crippen LogP contribution in [0, 0.1) is 13.8 Å². The van der Waals surface area contributed by atoms with Crippen LogP contribution in [0.4, 0.5) is 0 Å². The zero-order chi connectivity index (χ0) is 20.3. The van der Waals surface area contributed by atoms with E-state index in [2.05, 4.69) is 41.4 Å². The number of aromatic nitrogens is 2. The maximum Gasteiger partial charge on any atom is 0.259 e. The molecule has 5 rings (SSSR count). The van der Waals surface area contributed by atoms with Crippen molar-refractivity contribution in [3.63, 3.8) is 0 Å². The van der Waals surface area contributed by atoms with Crippen LogP contribution in [0.15, 0.2) is 22.7 Å². The first-order valence-corrected chi connectivity index (χ1v) is 10.2. The standard InChI is InChI=1S/C23H25N3O3/c1-12-8-9-14-17(11-23(3,4)28-18(14)10-12)24-21(27)20-15-6-5-7-16(15)25-22-19(20)13(2)26-29-22/h8-10,17H,5-7,11H2,1-4H3,(H,24,27). The van der Waals surface area contributed by atoms with Crippen molar-refractivity contribution in [2.24, 2.45) is 0 Å². The molecule has 0 radical (unpaired) electrons. The molecule has 0 saturated heterocycles. The molecule has 1 unspecified atom stereocenters. The van der Waals surface area contributed by atoms with Gasteiger partial charge in [0.15, 0.2) is 0 Å². The number of hydrogen-bond donors (Lipinski definition) is 1. The lowest BCUT2D eigenvalue weighted by molar-refractivity contribution is 0.0619. The van der Waals surface area contributed by atoms with E-state index in [0.717, 1.165) is 52.8 Å². The summed E-state index contributed by atoms with van der Waals surface area (Å²) in [7, 11) is 0. The lowest BCUT2D eigenvalue weighted by Gasteiger charge is -2.38. The Morgan fingerprint density at radius 3 is 2.90 bits per heavy atom. The van der Waals surface area contributed by atoms with E-state index in [0.29, 0.717) is 23.4 Å². The van der Waals surface area contributed by atoms with E-state index in [-0.39, 0.29) is 17.6 Å². The van der Waals surface area contributed by atoms with E-state index in [4.69, 9.17) is 9.26 Å². The molecule has 1 aromatic carbocycles. The summed E-state index contributed by atoms with van der Waals surface area (Å²) in [5, 5.41) is 8.08. The average Bonchev–Trinajstić information content (AvgIpc) is 3.25. The number of carbonyl (C=O) groups excluding carboxylic acids is 1. The number of aryl methyl sites for hydroxylation is 3. The molecular formula is C23H25N3O3. The van der Waals surface area contributed by atoms with Crippen molar-refractivity contribution in [1.82, 2.24) is 15.5 Å². The van der Waals surface area contributed by atoms with E-state index in [9.17, 15) is 4.79 Å². The number of hydrogen-bond acceptors (Lipinski definition) is 5. The molecule has 0 spiro atoms. The van der Waals surface area contributed by atoms with Gasteiger partial charge in [0.2, 0.25) is 0 Å². The van der Waals surface area contributed by atoms with Crippen LogP contribution in [0.3, 0.4) is 0 Å². The first-order valence-electron chi connectivity index (χ1n) is 10.2. The summed E-state index contributed by atoms with van der Waals surface area (Å²) >= 11 is 0. The second-order valence-corrected chi connectivity index (χ2v) is 8.85.